The first kappa shape index (κ1) is 14.6. The van der Waals surface area contributed by atoms with Gasteiger partial charge in [-0.2, -0.15) is 0 Å². The number of nitrogens with two attached hydrogens (primary N) is 1. The number of likely N-dealkylation sites (N-methyl/N-ethyl adjacent to an activating group) is 1. The topological polar surface area (TPSA) is 46.3 Å². The first-order valence-corrected chi connectivity index (χ1v) is 6.55. The van der Waals surface area contributed by atoms with Gasteiger partial charge in [-0.1, -0.05) is 49.5 Å². The van der Waals surface area contributed by atoms with Crippen LogP contribution in [0.5, 0.6) is 0 Å². The first-order valence-electron chi connectivity index (χ1n) is 6.14. The molecule has 0 heterocycles. The highest BCUT2D eigenvalue weighted by Gasteiger charge is 2.22. The minimum absolute atomic E-state index is 0.0148. The summed E-state index contributed by atoms with van der Waals surface area (Å²) in [6.07, 6.45) is 1.50. The number of benzene rings is 1. The summed E-state index contributed by atoms with van der Waals surface area (Å²) in [7, 11) is 1.80. The second-order valence-electron chi connectivity index (χ2n) is 4.36. The number of carbonyl (C=O) groups is 1. The van der Waals surface area contributed by atoms with Gasteiger partial charge in [0, 0.05) is 13.6 Å². The van der Waals surface area contributed by atoms with Crippen molar-refractivity contribution in [3.05, 3.63) is 35.9 Å². The van der Waals surface area contributed by atoms with Gasteiger partial charge in [-0.25, -0.2) is 0 Å². The third-order valence-electron chi connectivity index (χ3n) is 3.00. The van der Waals surface area contributed by atoms with Crippen LogP contribution in [-0.2, 0) is 11.2 Å². The maximum atomic E-state index is 12.1. The Bertz CT molecular complexity index is 406. The van der Waals surface area contributed by atoms with Gasteiger partial charge in [-0.3, -0.25) is 4.79 Å². The zero-order valence-corrected chi connectivity index (χ0v) is 11.7. The van der Waals surface area contributed by atoms with Gasteiger partial charge in [0.1, 0.15) is 0 Å². The van der Waals surface area contributed by atoms with Crippen LogP contribution in [0.4, 0.5) is 0 Å². The van der Waals surface area contributed by atoms with Crippen LogP contribution in [0.3, 0.4) is 0 Å². The lowest BCUT2D eigenvalue weighted by Crippen LogP contribution is -2.39. The van der Waals surface area contributed by atoms with E-state index in [4.69, 9.17) is 18.0 Å². The summed E-state index contributed by atoms with van der Waals surface area (Å²) in [5, 5.41) is 0. The van der Waals surface area contributed by atoms with Crippen molar-refractivity contribution in [2.24, 2.45) is 11.7 Å². The maximum Gasteiger partial charge on any atom is 0.232 e. The van der Waals surface area contributed by atoms with Gasteiger partial charge < -0.3 is 10.6 Å². The first-order chi connectivity index (χ1) is 8.56. The average molecular weight is 264 g/mol. The molecule has 18 heavy (non-hydrogen) atoms. The molecule has 0 saturated heterocycles. The Hall–Kier alpha value is -1.42. The van der Waals surface area contributed by atoms with Crippen molar-refractivity contribution < 1.29 is 4.79 Å². The molecule has 1 unspecified atom stereocenters. The van der Waals surface area contributed by atoms with Crippen LogP contribution >= 0.6 is 12.2 Å². The molecule has 0 saturated carbocycles. The molecule has 4 heteroatoms. The molecule has 0 radical (unpaired) electrons. The highest BCUT2D eigenvalue weighted by Crippen LogP contribution is 2.08. The second kappa shape index (κ2) is 7.11. The van der Waals surface area contributed by atoms with E-state index in [0.29, 0.717) is 13.0 Å². The standard InChI is InChI=1S/C14H20N2OS/c1-3-12(13(15)18)14(17)16(2)10-9-11-7-5-4-6-8-11/h4-8,12H,3,9-10H2,1-2H3,(H2,15,18). The van der Waals surface area contributed by atoms with Crippen molar-refractivity contribution in [2.75, 3.05) is 13.6 Å². The molecule has 0 spiro atoms. The fourth-order valence-corrected chi connectivity index (χ4v) is 2.08. The highest BCUT2D eigenvalue weighted by molar-refractivity contribution is 7.80. The van der Waals surface area contributed by atoms with E-state index in [1.54, 1.807) is 11.9 Å². The maximum absolute atomic E-state index is 12.1. The van der Waals surface area contributed by atoms with Crippen molar-refractivity contribution in [1.29, 1.82) is 0 Å². The summed E-state index contributed by atoms with van der Waals surface area (Å²) < 4.78 is 0. The zero-order valence-electron chi connectivity index (χ0n) is 10.9. The second-order valence-corrected chi connectivity index (χ2v) is 4.83. The van der Waals surface area contributed by atoms with E-state index in [1.165, 1.54) is 5.56 Å². The van der Waals surface area contributed by atoms with Gasteiger partial charge >= 0.3 is 0 Å². The van der Waals surface area contributed by atoms with Crippen LogP contribution in [-0.4, -0.2) is 29.4 Å². The molecule has 3 nitrogen and oxygen atoms in total. The average Bonchev–Trinajstić information content (AvgIpc) is 2.37. The highest BCUT2D eigenvalue weighted by atomic mass is 32.1. The predicted molar refractivity (Wildman–Crippen MR) is 78.3 cm³/mol. The summed E-state index contributed by atoms with van der Waals surface area (Å²) in [5.41, 5.74) is 6.80. The molecule has 0 aliphatic rings. The number of hydrogen-bond acceptors (Lipinski definition) is 2. The van der Waals surface area contributed by atoms with Gasteiger partial charge in [0.15, 0.2) is 0 Å². The third kappa shape index (κ3) is 4.11. The van der Waals surface area contributed by atoms with Crippen LogP contribution < -0.4 is 5.73 Å². The Balaban J connectivity index is 2.52. The van der Waals surface area contributed by atoms with Crippen LogP contribution in [0.1, 0.15) is 18.9 Å². The van der Waals surface area contributed by atoms with Crippen LogP contribution in [0.25, 0.3) is 0 Å². The predicted octanol–water partition coefficient (Wildman–Crippen LogP) is 2.00. The van der Waals surface area contributed by atoms with E-state index in [0.717, 1.165) is 6.42 Å². The molecular formula is C14H20N2OS. The SMILES string of the molecule is CCC(C(=O)N(C)CCc1ccccc1)C(N)=S. The molecule has 2 N–H and O–H groups in total. The lowest BCUT2D eigenvalue weighted by molar-refractivity contribution is -0.132. The van der Waals surface area contributed by atoms with Gasteiger partial charge in [-0.05, 0) is 18.4 Å². The molecule has 1 aromatic rings. The number of thiocarbonyl (C=S) groups is 1. The number of nitrogens with zero attached hydrogens (tertiary/aromatic N) is 1. The monoisotopic (exact) mass is 264 g/mol. The molecule has 0 aromatic heterocycles. The van der Waals surface area contributed by atoms with E-state index >= 15 is 0 Å². The summed E-state index contributed by atoms with van der Waals surface area (Å²) in [6, 6.07) is 10.1. The van der Waals surface area contributed by atoms with E-state index in [-0.39, 0.29) is 16.8 Å². The molecule has 1 atom stereocenters. The Morgan fingerprint density at radius 1 is 1.39 bits per heavy atom. The molecule has 0 bridgehead atoms. The number of amides is 1. The largest absolute Gasteiger partial charge is 0.393 e. The fraction of sp³-hybridized carbons (Fsp3) is 0.429. The van der Waals surface area contributed by atoms with E-state index in [2.05, 4.69) is 12.1 Å². The molecule has 0 aliphatic heterocycles. The smallest absolute Gasteiger partial charge is 0.232 e. The quantitative estimate of drug-likeness (QED) is 0.799. The van der Waals surface area contributed by atoms with E-state index in [1.807, 2.05) is 25.1 Å². The van der Waals surface area contributed by atoms with Crippen LogP contribution in [0.2, 0.25) is 0 Å². The van der Waals surface area contributed by atoms with Crippen molar-refractivity contribution in [1.82, 2.24) is 4.90 Å². The summed E-state index contributed by atoms with van der Waals surface area (Å²) in [6.45, 7) is 2.61. The molecule has 0 fully saturated rings. The lowest BCUT2D eigenvalue weighted by Gasteiger charge is -2.22. The molecule has 1 rings (SSSR count). The summed E-state index contributed by atoms with van der Waals surface area (Å²) >= 11 is 4.92. The van der Waals surface area contributed by atoms with Crippen LogP contribution in [0, 0.1) is 5.92 Å². The minimum Gasteiger partial charge on any atom is -0.393 e. The Morgan fingerprint density at radius 2 is 2.00 bits per heavy atom. The van der Waals surface area contributed by atoms with Crippen molar-refractivity contribution >= 4 is 23.1 Å². The number of rotatable bonds is 6. The molecule has 0 aliphatic carbocycles. The number of carbonyl (C=O) groups excluding carboxylic acids is 1. The third-order valence-corrected chi connectivity index (χ3v) is 3.29. The summed E-state index contributed by atoms with van der Waals surface area (Å²) in [4.78, 5) is 14.1. The molecule has 1 aromatic carbocycles. The van der Waals surface area contributed by atoms with Gasteiger partial charge in [-0.15, -0.1) is 0 Å². The van der Waals surface area contributed by atoms with Crippen molar-refractivity contribution in [3.8, 4) is 0 Å². The molecule has 98 valence electrons. The Morgan fingerprint density at radius 3 is 2.50 bits per heavy atom. The molecule has 1 amide bonds. The lowest BCUT2D eigenvalue weighted by atomic mass is 10.0. The van der Waals surface area contributed by atoms with Gasteiger partial charge in [0.25, 0.3) is 0 Å². The molecular weight excluding hydrogens is 244 g/mol. The fourth-order valence-electron chi connectivity index (χ4n) is 1.82. The van der Waals surface area contributed by atoms with Gasteiger partial charge in [0.05, 0.1) is 10.9 Å². The van der Waals surface area contributed by atoms with Gasteiger partial charge in [0.2, 0.25) is 5.91 Å². The van der Waals surface area contributed by atoms with Crippen molar-refractivity contribution in [2.45, 2.75) is 19.8 Å². The zero-order chi connectivity index (χ0) is 13.5. The van der Waals surface area contributed by atoms with E-state index in [9.17, 15) is 4.79 Å². The number of hydrogen-bond donors (Lipinski definition) is 1. The Kier molecular flexibility index (Phi) is 5.78. The normalized spacial score (nSPS) is 11.9. The van der Waals surface area contributed by atoms with Crippen molar-refractivity contribution in [3.63, 3.8) is 0 Å². The summed E-state index contributed by atoms with van der Waals surface area (Å²) in [5.74, 6) is -0.318. The Labute approximate surface area is 114 Å². The minimum atomic E-state index is -0.333. The van der Waals surface area contributed by atoms with Crippen LogP contribution in [0.15, 0.2) is 30.3 Å². The van der Waals surface area contributed by atoms with E-state index < -0.39 is 0 Å².